The molecule has 190 valence electrons. The van der Waals surface area contributed by atoms with Crippen molar-refractivity contribution in [2.24, 2.45) is 18.4 Å². The number of benzene rings is 2. The number of halogens is 2. The van der Waals surface area contributed by atoms with Crippen LogP contribution in [0.5, 0.6) is 5.75 Å². The van der Waals surface area contributed by atoms with Gasteiger partial charge in [0.1, 0.15) is 5.82 Å². The molecule has 6 heteroatoms. The predicted octanol–water partition coefficient (Wildman–Crippen LogP) is 6.76. The quantitative estimate of drug-likeness (QED) is 0.337. The maximum atomic E-state index is 14.9. The van der Waals surface area contributed by atoms with E-state index in [9.17, 15) is 8.78 Å². The number of hydrogen-bond acceptors (Lipinski definition) is 3. The Morgan fingerprint density at radius 1 is 1.06 bits per heavy atom. The zero-order chi connectivity index (χ0) is 25.9. The second-order valence-electron chi connectivity index (χ2n) is 11.0. The lowest BCUT2D eigenvalue weighted by molar-refractivity contribution is 0.219. The van der Waals surface area contributed by atoms with Gasteiger partial charge in [0.2, 0.25) is 0 Å². The minimum Gasteiger partial charge on any atom is -0.494 e. The molecule has 35 heavy (non-hydrogen) atoms. The third-order valence-corrected chi connectivity index (χ3v) is 6.75. The summed E-state index contributed by atoms with van der Waals surface area (Å²) in [6, 6.07) is 10.3. The molecule has 0 unspecified atom stereocenters. The lowest BCUT2D eigenvalue weighted by atomic mass is 9.76. The van der Waals surface area contributed by atoms with Gasteiger partial charge in [-0.05, 0) is 64.9 Å². The van der Waals surface area contributed by atoms with Gasteiger partial charge in [0.15, 0.2) is 11.6 Å². The van der Waals surface area contributed by atoms with Crippen molar-refractivity contribution >= 4 is 0 Å². The van der Waals surface area contributed by atoms with E-state index in [-0.39, 0.29) is 40.6 Å². The molecule has 0 aliphatic carbocycles. The Hall–Kier alpha value is -2.73. The number of methoxy groups -OCH3 is 1. The summed E-state index contributed by atoms with van der Waals surface area (Å²) in [6.07, 6.45) is 3.87. The molecule has 4 nitrogen and oxygen atoms in total. The highest BCUT2D eigenvalue weighted by molar-refractivity contribution is 5.43. The standard InChI is InChI=1S/C29H39F2N3O/c1-19(2)28(22-15-32-34(7)17-22)24-14-26(31)27(35-8)13-21(24)16-33(6)18-25(29(3,4)5)20-9-11-23(30)12-10-20/h9-15,17,19,25,28H,16,18H2,1-8H3/t25-,28-/m1/s1. The predicted molar refractivity (Wildman–Crippen MR) is 138 cm³/mol. The van der Waals surface area contributed by atoms with Crippen molar-refractivity contribution in [3.63, 3.8) is 0 Å². The number of nitrogens with zero attached hydrogens (tertiary/aromatic N) is 3. The Morgan fingerprint density at radius 2 is 1.71 bits per heavy atom. The minimum atomic E-state index is -0.359. The second-order valence-corrected chi connectivity index (χ2v) is 11.0. The molecule has 0 aliphatic rings. The SMILES string of the molecule is COc1cc(CN(C)C[C@H](c2ccc(F)cc2)C(C)(C)C)c([C@@H](c2cnn(C)c2)C(C)C)cc1F. The van der Waals surface area contributed by atoms with E-state index in [1.54, 1.807) is 10.7 Å². The zero-order valence-electron chi connectivity index (χ0n) is 22.3. The van der Waals surface area contributed by atoms with E-state index in [4.69, 9.17) is 4.74 Å². The van der Waals surface area contributed by atoms with Gasteiger partial charge in [-0.2, -0.15) is 5.10 Å². The van der Waals surface area contributed by atoms with Gasteiger partial charge in [0, 0.05) is 38.2 Å². The van der Waals surface area contributed by atoms with Gasteiger partial charge in [0.05, 0.1) is 13.3 Å². The molecule has 3 aromatic rings. The van der Waals surface area contributed by atoms with Crippen molar-refractivity contribution in [3.05, 3.63) is 82.7 Å². The molecule has 2 aromatic carbocycles. The molecule has 0 fully saturated rings. The molecule has 2 atom stereocenters. The number of likely N-dealkylation sites (N-methyl/N-ethyl adjacent to an activating group) is 1. The smallest absolute Gasteiger partial charge is 0.165 e. The van der Waals surface area contributed by atoms with Crippen LogP contribution in [0.1, 0.15) is 68.7 Å². The summed E-state index contributed by atoms with van der Waals surface area (Å²) in [4.78, 5) is 2.26. The first kappa shape index (κ1) is 26.9. The van der Waals surface area contributed by atoms with E-state index < -0.39 is 0 Å². The maximum absolute atomic E-state index is 14.9. The van der Waals surface area contributed by atoms with Crippen molar-refractivity contribution < 1.29 is 13.5 Å². The lowest BCUT2D eigenvalue weighted by Crippen LogP contribution is -2.32. The summed E-state index contributed by atoms with van der Waals surface area (Å²) >= 11 is 0. The molecule has 0 saturated carbocycles. The van der Waals surface area contributed by atoms with Crippen LogP contribution < -0.4 is 4.74 Å². The molecule has 3 rings (SSSR count). The lowest BCUT2D eigenvalue weighted by Gasteiger charge is -2.35. The zero-order valence-corrected chi connectivity index (χ0v) is 22.3. The van der Waals surface area contributed by atoms with Gasteiger partial charge in [-0.25, -0.2) is 8.78 Å². The molecule has 0 aliphatic heterocycles. The van der Waals surface area contributed by atoms with Gasteiger partial charge < -0.3 is 9.64 Å². The van der Waals surface area contributed by atoms with E-state index in [0.29, 0.717) is 6.54 Å². The van der Waals surface area contributed by atoms with Gasteiger partial charge >= 0.3 is 0 Å². The maximum Gasteiger partial charge on any atom is 0.165 e. The Morgan fingerprint density at radius 3 is 2.23 bits per heavy atom. The van der Waals surface area contributed by atoms with Gasteiger partial charge in [0.25, 0.3) is 0 Å². The number of rotatable bonds is 9. The number of ether oxygens (including phenoxy) is 1. The van der Waals surface area contributed by atoms with Gasteiger partial charge in [-0.15, -0.1) is 0 Å². The largest absolute Gasteiger partial charge is 0.494 e. The first-order valence-electron chi connectivity index (χ1n) is 12.2. The van der Waals surface area contributed by atoms with E-state index >= 15 is 0 Å². The summed E-state index contributed by atoms with van der Waals surface area (Å²) in [5.41, 5.74) is 4.13. The van der Waals surface area contributed by atoms with Crippen LogP contribution in [0, 0.1) is 23.0 Å². The Kier molecular flexibility index (Phi) is 8.37. The summed E-state index contributed by atoms with van der Waals surface area (Å²) < 4.78 is 35.6. The third-order valence-electron chi connectivity index (χ3n) is 6.75. The molecule has 0 amide bonds. The Labute approximate surface area is 208 Å². The van der Waals surface area contributed by atoms with Crippen LogP contribution in [0.2, 0.25) is 0 Å². The molecule has 0 N–H and O–H groups in total. The average molecular weight is 484 g/mol. The fraction of sp³-hybridized carbons (Fsp3) is 0.483. The van der Waals surface area contributed by atoms with Crippen molar-refractivity contribution in [2.75, 3.05) is 20.7 Å². The van der Waals surface area contributed by atoms with E-state index in [2.05, 4.69) is 51.7 Å². The number of aromatic nitrogens is 2. The molecule has 0 spiro atoms. The topological polar surface area (TPSA) is 30.3 Å². The average Bonchev–Trinajstić information content (AvgIpc) is 3.19. The highest BCUT2D eigenvalue weighted by atomic mass is 19.1. The van der Waals surface area contributed by atoms with Crippen LogP contribution >= 0.6 is 0 Å². The number of hydrogen-bond donors (Lipinski definition) is 0. The first-order valence-corrected chi connectivity index (χ1v) is 12.2. The van der Waals surface area contributed by atoms with Gasteiger partial charge in [-0.1, -0.05) is 46.8 Å². The number of aryl methyl sites for hydroxylation is 1. The minimum absolute atomic E-state index is 0.00279. The van der Waals surface area contributed by atoms with Crippen molar-refractivity contribution in [1.82, 2.24) is 14.7 Å². The summed E-state index contributed by atoms with van der Waals surface area (Å²) in [7, 11) is 5.47. The third kappa shape index (κ3) is 6.49. The second kappa shape index (κ2) is 10.9. The molecule has 0 radical (unpaired) electrons. The molecule has 0 bridgehead atoms. The van der Waals surface area contributed by atoms with Crippen LogP contribution in [-0.4, -0.2) is 35.4 Å². The van der Waals surface area contributed by atoms with Crippen molar-refractivity contribution in [2.45, 2.75) is 53.0 Å². The van der Waals surface area contributed by atoms with Crippen LogP contribution in [0.25, 0.3) is 0 Å². The highest BCUT2D eigenvalue weighted by Crippen LogP contribution is 2.39. The monoisotopic (exact) mass is 483 g/mol. The Balaban J connectivity index is 1.98. The van der Waals surface area contributed by atoms with E-state index in [1.165, 1.54) is 19.2 Å². The summed E-state index contributed by atoms with van der Waals surface area (Å²) in [5, 5.41) is 4.36. The summed E-state index contributed by atoms with van der Waals surface area (Å²) in [5.74, 6) is 0.103. The van der Waals surface area contributed by atoms with Crippen LogP contribution in [0.4, 0.5) is 8.78 Å². The molecule has 1 aromatic heterocycles. The normalized spacial score (nSPS) is 13.9. The van der Waals surface area contributed by atoms with Crippen LogP contribution in [0.15, 0.2) is 48.8 Å². The van der Waals surface area contributed by atoms with Crippen LogP contribution in [-0.2, 0) is 13.6 Å². The van der Waals surface area contributed by atoms with Crippen LogP contribution in [0.3, 0.4) is 0 Å². The van der Waals surface area contributed by atoms with Crippen molar-refractivity contribution in [1.29, 1.82) is 0 Å². The fourth-order valence-electron chi connectivity index (χ4n) is 4.96. The van der Waals surface area contributed by atoms with E-state index in [1.807, 2.05) is 37.6 Å². The van der Waals surface area contributed by atoms with E-state index in [0.717, 1.165) is 28.8 Å². The summed E-state index contributed by atoms with van der Waals surface area (Å²) in [6.45, 7) is 12.3. The highest BCUT2D eigenvalue weighted by Gasteiger charge is 2.29. The fourth-order valence-corrected chi connectivity index (χ4v) is 4.96. The van der Waals surface area contributed by atoms with Gasteiger partial charge in [-0.3, -0.25) is 4.68 Å². The molecular formula is C29H39F2N3O. The van der Waals surface area contributed by atoms with Crippen molar-refractivity contribution in [3.8, 4) is 5.75 Å². The molecule has 1 heterocycles. The first-order chi connectivity index (χ1) is 16.4. The molecular weight excluding hydrogens is 444 g/mol. The Bertz CT molecular complexity index is 1120. The molecule has 0 saturated heterocycles.